The van der Waals surface area contributed by atoms with Crippen LogP contribution in [0.15, 0.2) is 6.20 Å². The molecule has 0 aliphatic rings. The van der Waals surface area contributed by atoms with Crippen LogP contribution in [0.5, 0.6) is 0 Å². The van der Waals surface area contributed by atoms with E-state index in [-0.39, 0.29) is 12.5 Å². The summed E-state index contributed by atoms with van der Waals surface area (Å²) in [6.45, 7) is 0.575. The normalized spacial score (nSPS) is 10.0. The first-order valence-electron chi connectivity index (χ1n) is 5.72. The number of carbonyl (C=O) groups is 2. The number of rotatable bonds is 8. The fourth-order valence-corrected chi connectivity index (χ4v) is 1.75. The molecule has 0 aliphatic heterocycles. The molecule has 0 saturated heterocycles. The molecule has 0 saturated carbocycles. The Labute approximate surface area is 109 Å². The van der Waals surface area contributed by atoms with Crippen molar-refractivity contribution in [1.82, 2.24) is 14.9 Å². The van der Waals surface area contributed by atoms with E-state index in [1.165, 1.54) is 6.20 Å². The summed E-state index contributed by atoms with van der Waals surface area (Å²) in [6, 6.07) is -0.272. The highest BCUT2D eigenvalue weighted by atomic mass is 32.1. The van der Waals surface area contributed by atoms with Crippen LogP contribution in [0.4, 0.5) is 9.80 Å². The summed E-state index contributed by atoms with van der Waals surface area (Å²) in [5.74, 6) is -0.759. The number of carbonyl (C=O) groups excluding carboxylic acids is 1. The van der Waals surface area contributed by atoms with Gasteiger partial charge in [0.15, 0.2) is 0 Å². The molecule has 1 heterocycles. The van der Waals surface area contributed by atoms with Gasteiger partial charge in [-0.05, 0) is 12.8 Å². The third-order valence-corrected chi connectivity index (χ3v) is 2.78. The fourth-order valence-electron chi connectivity index (χ4n) is 1.34. The van der Waals surface area contributed by atoms with Crippen molar-refractivity contribution < 1.29 is 14.7 Å². The lowest BCUT2D eigenvalue weighted by atomic mass is 10.1. The summed E-state index contributed by atoms with van der Waals surface area (Å²) < 4.78 is 3.62. The van der Waals surface area contributed by atoms with Gasteiger partial charge in [-0.1, -0.05) is 17.3 Å². The average molecular weight is 272 g/mol. The molecule has 0 atom stereocenters. The molecule has 0 bridgehead atoms. The number of amides is 2. The predicted octanol–water partition coefficient (Wildman–Crippen LogP) is 1.69. The Morgan fingerprint density at radius 2 is 2.06 bits per heavy atom. The highest BCUT2D eigenvalue weighted by molar-refractivity contribution is 7.10. The summed E-state index contributed by atoms with van der Waals surface area (Å²) in [5.41, 5.74) is 0. The van der Waals surface area contributed by atoms with Gasteiger partial charge in [-0.3, -0.25) is 10.1 Å². The van der Waals surface area contributed by atoms with E-state index in [1.807, 2.05) is 0 Å². The molecular weight excluding hydrogens is 256 g/mol. The molecule has 1 aromatic heterocycles. The molecule has 0 fully saturated rings. The Morgan fingerprint density at radius 1 is 1.28 bits per heavy atom. The minimum Gasteiger partial charge on any atom is -0.481 e. The average Bonchev–Trinajstić information content (AvgIpc) is 2.80. The van der Waals surface area contributed by atoms with E-state index in [2.05, 4.69) is 20.2 Å². The monoisotopic (exact) mass is 272 g/mol. The van der Waals surface area contributed by atoms with Gasteiger partial charge in [0.05, 0.1) is 6.20 Å². The largest absolute Gasteiger partial charge is 0.481 e. The fraction of sp³-hybridized carbons (Fsp3) is 0.600. The Bertz CT molecular complexity index is 369. The zero-order chi connectivity index (χ0) is 13.2. The second-order valence-corrected chi connectivity index (χ2v) is 4.51. The van der Waals surface area contributed by atoms with Gasteiger partial charge in [0.2, 0.25) is 0 Å². The smallest absolute Gasteiger partial charge is 0.319 e. The van der Waals surface area contributed by atoms with Crippen LogP contribution in [0.1, 0.15) is 32.1 Å². The maximum Gasteiger partial charge on any atom is 0.319 e. The SMILES string of the molecule is O=C(O)CCCCCCNC(=O)Nc1cnns1. The molecule has 1 aromatic rings. The van der Waals surface area contributed by atoms with Crippen molar-refractivity contribution in [2.75, 3.05) is 11.9 Å². The summed E-state index contributed by atoms with van der Waals surface area (Å²) in [5, 5.41) is 18.0. The number of carboxylic acid groups (broad SMARTS) is 1. The predicted molar refractivity (Wildman–Crippen MR) is 67.7 cm³/mol. The van der Waals surface area contributed by atoms with Crippen LogP contribution in [-0.2, 0) is 4.79 Å². The highest BCUT2D eigenvalue weighted by Gasteiger charge is 2.02. The third-order valence-electron chi connectivity index (χ3n) is 2.20. The summed E-state index contributed by atoms with van der Waals surface area (Å²) in [7, 11) is 0. The van der Waals surface area contributed by atoms with E-state index >= 15 is 0 Å². The Hall–Kier alpha value is -1.70. The molecule has 0 unspecified atom stereocenters. The van der Waals surface area contributed by atoms with E-state index < -0.39 is 5.97 Å². The van der Waals surface area contributed by atoms with E-state index in [1.54, 1.807) is 0 Å². The number of anilines is 1. The van der Waals surface area contributed by atoms with Gasteiger partial charge in [0.1, 0.15) is 5.00 Å². The molecule has 0 aromatic carbocycles. The van der Waals surface area contributed by atoms with E-state index in [9.17, 15) is 9.59 Å². The van der Waals surface area contributed by atoms with Crippen molar-refractivity contribution in [2.24, 2.45) is 0 Å². The molecule has 18 heavy (non-hydrogen) atoms. The number of hydrogen-bond donors (Lipinski definition) is 3. The highest BCUT2D eigenvalue weighted by Crippen LogP contribution is 2.08. The zero-order valence-corrected chi connectivity index (χ0v) is 10.7. The van der Waals surface area contributed by atoms with Crippen molar-refractivity contribution in [3.05, 3.63) is 6.20 Å². The molecular formula is C10H16N4O3S. The number of carboxylic acids is 1. The van der Waals surface area contributed by atoms with E-state index in [0.29, 0.717) is 18.0 Å². The molecule has 2 amide bonds. The molecule has 0 radical (unpaired) electrons. The third kappa shape index (κ3) is 6.79. The number of nitrogens with zero attached hydrogens (tertiary/aromatic N) is 2. The van der Waals surface area contributed by atoms with Crippen LogP contribution in [0.2, 0.25) is 0 Å². The molecule has 3 N–H and O–H groups in total. The maximum absolute atomic E-state index is 11.3. The summed E-state index contributed by atoms with van der Waals surface area (Å²) >= 11 is 1.12. The molecule has 0 spiro atoms. The van der Waals surface area contributed by atoms with Crippen LogP contribution in [0.3, 0.4) is 0 Å². The van der Waals surface area contributed by atoms with Gasteiger partial charge in [0.25, 0.3) is 0 Å². The van der Waals surface area contributed by atoms with Crippen LogP contribution in [0.25, 0.3) is 0 Å². The van der Waals surface area contributed by atoms with Crippen LogP contribution in [0, 0.1) is 0 Å². The summed E-state index contributed by atoms with van der Waals surface area (Å²) in [4.78, 5) is 21.6. The van der Waals surface area contributed by atoms with Crippen LogP contribution < -0.4 is 10.6 Å². The first-order chi connectivity index (χ1) is 8.68. The van der Waals surface area contributed by atoms with Crippen molar-refractivity contribution >= 4 is 28.5 Å². The summed E-state index contributed by atoms with van der Waals surface area (Å²) in [6.07, 6.45) is 5.01. The number of aromatic nitrogens is 2. The van der Waals surface area contributed by atoms with Crippen LogP contribution >= 0.6 is 11.5 Å². The van der Waals surface area contributed by atoms with Gasteiger partial charge >= 0.3 is 12.0 Å². The minimum atomic E-state index is -0.759. The standard InChI is InChI=1S/C10H16N4O3S/c15-9(16)5-3-1-2-4-6-11-10(17)13-8-7-12-14-18-8/h7H,1-6H2,(H,15,16)(H2,11,13,17). The van der Waals surface area contributed by atoms with Gasteiger partial charge in [0, 0.05) is 24.5 Å². The molecule has 8 heteroatoms. The van der Waals surface area contributed by atoms with Crippen molar-refractivity contribution in [3.8, 4) is 0 Å². The van der Waals surface area contributed by atoms with Crippen molar-refractivity contribution in [3.63, 3.8) is 0 Å². The molecule has 1 rings (SSSR count). The van der Waals surface area contributed by atoms with Crippen molar-refractivity contribution in [1.29, 1.82) is 0 Å². The van der Waals surface area contributed by atoms with E-state index in [0.717, 1.165) is 30.8 Å². The molecule has 7 nitrogen and oxygen atoms in total. The number of urea groups is 1. The van der Waals surface area contributed by atoms with Crippen molar-refractivity contribution in [2.45, 2.75) is 32.1 Å². The lowest BCUT2D eigenvalue weighted by Crippen LogP contribution is -2.29. The lowest BCUT2D eigenvalue weighted by molar-refractivity contribution is -0.137. The lowest BCUT2D eigenvalue weighted by Gasteiger charge is -2.04. The molecule has 100 valence electrons. The quantitative estimate of drug-likeness (QED) is 0.625. The molecule has 0 aliphatic carbocycles. The number of nitrogens with one attached hydrogen (secondary N) is 2. The van der Waals surface area contributed by atoms with E-state index in [4.69, 9.17) is 5.11 Å². The Morgan fingerprint density at radius 3 is 2.72 bits per heavy atom. The van der Waals surface area contributed by atoms with Gasteiger partial charge < -0.3 is 10.4 Å². The van der Waals surface area contributed by atoms with Gasteiger partial charge in [-0.25, -0.2) is 4.79 Å². The van der Waals surface area contributed by atoms with Crippen LogP contribution in [-0.4, -0.2) is 33.2 Å². The first kappa shape index (κ1) is 14.4. The second kappa shape index (κ2) is 8.40. The topological polar surface area (TPSA) is 104 Å². The van der Waals surface area contributed by atoms with Gasteiger partial charge in [-0.15, -0.1) is 5.10 Å². The Balaban J connectivity index is 1.94. The number of unbranched alkanes of at least 4 members (excludes halogenated alkanes) is 3. The number of aliphatic carboxylic acids is 1. The first-order valence-corrected chi connectivity index (χ1v) is 6.50. The zero-order valence-electron chi connectivity index (χ0n) is 9.89. The van der Waals surface area contributed by atoms with Gasteiger partial charge in [-0.2, -0.15) is 0 Å². The Kier molecular flexibility index (Phi) is 6.70. The number of hydrogen-bond acceptors (Lipinski definition) is 5. The second-order valence-electron chi connectivity index (χ2n) is 3.72. The minimum absolute atomic E-state index is 0.215. The maximum atomic E-state index is 11.3.